The smallest absolute Gasteiger partial charge is 0.337 e. The zero-order chi connectivity index (χ0) is 33.1. The lowest BCUT2D eigenvalue weighted by Crippen LogP contribution is -2.63. The van der Waals surface area contributed by atoms with E-state index in [1.165, 1.54) is 13.2 Å². The van der Waals surface area contributed by atoms with Gasteiger partial charge in [-0.05, 0) is 35.4 Å². The number of hydrogen-bond donors (Lipinski definition) is 0. The Hall–Kier alpha value is -3.52. The number of halogens is 1. The van der Waals surface area contributed by atoms with Crippen LogP contribution < -0.4 is 4.74 Å². The summed E-state index contributed by atoms with van der Waals surface area (Å²) in [7, 11) is 1.27. The fraction of sp³-hybridized carbons (Fsp3) is 0.393. The maximum atomic E-state index is 11.7. The molecule has 0 radical (unpaired) electrons. The van der Waals surface area contributed by atoms with Crippen molar-refractivity contribution in [3.63, 3.8) is 0 Å². The van der Waals surface area contributed by atoms with Crippen molar-refractivity contribution in [2.45, 2.75) is 30.7 Å². The molecule has 1 unspecified atom stereocenters. The Morgan fingerprint density at radius 1 is 0.854 bits per heavy atom. The Bertz CT molecular complexity index is 1380. The summed E-state index contributed by atoms with van der Waals surface area (Å²) >= 11 is 6.54. The van der Waals surface area contributed by atoms with E-state index in [0.29, 0.717) is 16.7 Å². The van der Waals surface area contributed by atoms with Gasteiger partial charge in [-0.25, -0.2) is 4.79 Å². The predicted molar refractivity (Wildman–Crippen MR) is 142 cm³/mol. The number of aldehydes is 4. The normalized spacial score (nSPS) is 23.3. The van der Waals surface area contributed by atoms with E-state index in [0.717, 1.165) is 0 Å². The molecule has 1 aliphatic heterocycles. The molecule has 0 aliphatic carbocycles. The van der Waals surface area contributed by atoms with E-state index in [1.54, 1.807) is 36.4 Å². The van der Waals surface area contributed by atoms with Crippen molar-refractivity contribution in [2.75, 3.05) is 40.1 Å². The summed E-state index contributed by atoms with van der Waals surface area (Å²) < 4.78 is 67.4. The minimum atomic E-state index is -1.50. The molecule has 2 aromatic carbocycles. The number of hydrogen-bond acceptors (Lipinski definition) is 12. The molecule has 3 rings (SSSR count). The van der Waals surface area contributed by atoms with Crippen molar-refractivity contribution in [3.8, 4) is 16.9 Å². The zero-order valence-electron chi connectivity index (χ0n) is 25.7. The van der Waals surface area contributed by atoms with Crippen LogP contribution in [0.25, 0.3) is 11.1 Å². The quantitative estimate of drug-likeness (QED) is 0.194. The Labute approximate surface area is 246 Å². The first-order valence-corrected chi connectivity index (χ1v) is 12.5. The van der Waals surface area contributed by atoms with E-state index >= 15 is 0 Å². The van der Waals surface area contributed by atoms with Gasteiger partial charge in [-0.2, -0.15) is 0 Å². The minimum Gasteiger partial charge on any atom is -0.465 e. The maximum absolute atomic E-state index is 11.7. The molecule has 41 heavy (non-hydrogen) atoms. The number of esters is 1. The minimum absolute atomic E-state index is 0.0550. The van der Waals surface area contributed by atoms with Crippen molar-refractivity contribution in [2.24, 2.45) is 0 Å². The van der Waals surface area contributed by atoms with Gasteiger partial charge >= 0.3 is 5.97 Å². The fourth-order valence-corrected chi connectivity index (χ4v) is 4.33. The molecule has 0 aromatic heterocycles. The molecule has 1 saturated heterocycles. The van der Waals surface area contributed by atoms with Gasteiger partial charge in [0.25, 0.3) is 0 Å². The van der Waals surface area contributed by atoms with Gasteiger partial charge in [0.2, 0.25) is 6.29 Å². The van der Waals surface area contributed by atoms with Crippen LogP contribution in [0.4, 0.5) is 0 Å². The van der Waals surface area contributed by atoms with E-state index in [1.807, 2.05) is 0 Å². The number of benzene rings is 2. The largest absolute Gasteiger partial charge is 0.465 e. The van der Waals surface area contributed by atoms with Crippen LogP contribution >= 0.6 is 11.6 Å². The van der Waals surface area contributed by atoms with Gasteiger partial charge in [0, 0.05) is 0 Å². The van der Waals surface area contributed by atoms with Gasteiger partial charge in [0.15, 0.2) is 0 Å². The predicted octanol–water partition coefficient (Wildman–Crippen LogP) is 1.87. The van der Waals surface area contributed by atoms with Crippen molar-refractivity contribution < 1.29 is 62.6 Å². The van der Waals surface area contributed by atoms with Crippen molar-refractivity contribution in [1.29, 1.82) is 0 Å². The molecule has 5 atom stereocenters. The first kappa shape index (κ1) is 26.4. The van der Waals surface area contributed by atoms with Crippen LogP contribution in [0.1, 0.15) is 15.8 Å². The van der Waals surface area contributed by atoms with Crippen molar-refractivity contribution in [3.05, 3.63) is 53.1 Å². The van der Waals surface area contributed by atoms with Crippen LogP contribution in [0, 0.1) is 0 Å². The fourth-order valence-electron chi connectivity index (χ4n) is 4.10. The summed E-state index contributed by atoms with van der Waals surface area (Å²) in [6.07, 6.45) is -11.3. The van der Waals surface area contributed by atoms with Gasteiger partial charge in [0.05, 0.1) is 24.3 Å². The third kappa shape index (κ3) is 8.73. The second kappa shape index (κ2) is 16.7. The third-order valence-electron chi connectivity index (χ3n) is 5.85. The molecule has 13 heteroatoms. The van der Waals surface area contributed by atoms with Crippen molar-refractivity contribution in [1.82, 2.24) is 0 Å². The van der Waals surface area contributed by atoms with Crippen LogP contribution in [-0.2, 0) is 47.6 Å². The molecule has 1 fully saturated rings. The standard InChI is InChI=1S/C28H29ClO12/c1-35-27(34)19-4-2-18(3-5-19)20-6-7-22(21(29)16-20)40-28-26(39-15-11-33)25(38-14-10-32)24(37-13-9-31)23(41-28)17-36-12-8-30/h2-11,16,23-26,28H,12-15,17H2,1H3/t23-,24-,25+,26+,28?/m1/s1/i8D,9D,10D,11D. The number of methoxy groups -OCH3 is 1. The van der Waals surface area contributed by atoms with Crippen LogP contribution in [0.2, 0.25) is 5.02 Å². The molecule has 0 saturated carbocycles. The monoisotopic (exact) mass is 596 g/mol. The van der Waals surface area contributed by atoms with E-state index < -0.39 is 94.8 Å². The molecule has 2 aromatic rings. The van der Waals surface area contributed by atoms with E-state index in [-0.39, 0.29) is 10.8 Å². The molecule has 1 aliphatic rings. The average Bonchev–Trinajstić information content (AvgIpc) is 2.99. The summed E-state index contributed by atoms with van der Waals surface area (Å²) in [5.41, 5.74) is 1.71. The molecule has 0 spiro atoms. The Morgan fingerprint density at radius 3 is 2.02 bits per heavy atom. The molecule has 0 amide bonds. The Kier molecular flexibility index (Phi) is 10.7. The number of carbonyl (C=O) groups is 5. The molecule has 1 heterocycles. The molecule has 12 nitrogen and oxygen atoms in total. The van der Waals surface area contributed by atoms with Gasteiger partial charge in [-0.15, -0.1) is 0 Å². The highest BCUT2D eigenvalue weighted by Crippen LogP contribution is 2.35. The summed E-state index contributed by atoms with van der Waals surface area (Å²) in [6.45, 7) is -3.39. The number of carbonyl (C=O) groups excluding carboxylic acids is 5. The first-order valence-electron chi connectivity index (χ1n) is 14.1. The van der Waals surface area contributed by atoms with Gasteiger partial charge in [0.1, 0.15) is 87.1 Å². The lowest BCUT2D eigenvalue weighted by molar-refractivity contribution is -0.299. The highest BCUT2D eigenvalue weighted by molar-refractivity contribution is 6.32. The summed E-state index contributed by atoms with van der Waals surface area (Å²) in [4.78, 5) is 57.3. The Morgan fingerprint density at radius 2 is 1.44 bits per heavy atom. The summed E-state index contributed by atoms with van der Waals surface area (Å²) in [5, 5.41) is 0.0908. The highest BCUT2D eigenvalue weighted by Gasteiger charge is 2.49. The van der Waals surface area contributed by atoms with Crippen LogP contribution in [0.5, 0.6) is 5.75 Å². The van der Waals surface area contributed by atoms with Gasteiger partial charge in [-0.1, -0.05) is 29.8 Å². The molecular weight excluding hydrogens is 564 g/mol. The number of ether oxygens (including phenoxy) is 7. The average molecular weight is 597 g/mol. The van der Waals surface area contributed by atoms with Gasteiger partial charge < -0.3 is 52.3 Å². The SMILES string of the molecule is [2H]C(=O)COC[C@H]1OC(Oc2ccc(-c3ccc(C(=O)OC)cc3)cc2Cl)[C@@H](OCC([2H])=O)[C@@H](OCC([2H])=O)[C@@H]1OCC([2H])=O. The first-order chi connectivity index (χ1) is 21.4. The van der Waals surface area contributed by atoms with Crippen molar-refractivity contribution >= 4 is 42.6 Å². The molecule has 0 bridgehead atoms. The van der Waals surface area contributed by atoms with E-state index in [9.17, 15) is 24.0 Å². The Balaban J connectivity index is 1.95. The van der Waals surface area contributed by atoms with Crippen LogP contribution in [-0.4, -0.2) is 102 Å². The topological polar surface area (TPSA) is 150 Å². The van der Waals surface area contributed by atoms with E-state index in [2.05, 4.69) is 0 Å². The van der Waals surface area contributed by atoms with Crippen LogP contribution in [0.3, 0.4) is 0 Å². The second-order valence-electron chi connectivity index (χ2n) is 8.29. The van der Waals surface area contributed by atoms with E-state index in [4.69, 9.17) is 50.2 Å². The molecule has 220 valence electrons. The van der Waals surface area contributed by atoms with Crippen LogP contribution in [0.15, 0.2) is 42.5 Å². The third-order valence-corrected chi connectivity index (χ3v) is 6.15. The lowest BCUT2D eigenvalue weighted by atomic mass is 9.98. The zero-order valence-corrected chi connectivity index (χ0v) is 22.5. The lowest BCUT2D eigenvalue weighted by Gasteiger charge is -2.45. The van der Waals surface area contributed by atoms with Gasteiger partial charge in [-0.3, -0.25) is 0 Å². The maximum Gasteiger partial charge on any atom is 0.337 e. The molecular formula is C28H29ClO12. The summed E-state index contributed by atoms with van der Waals surface area (Å²) in [5.74, 6) is -0.442. The number of rotatable bonds is 17. The highest BCUT2D eigenvalue weighted by atomic mass is 35.5. The summed E-state index contributed by atoms with van der Waals surface area (Å²) in [6, 6.07) is 11.2. The molecule has 0 N–H and O–H groups in total. The second-order valence-corrected chi connectivity index (χ2v) is 8.70.